The van der Waals surface area contributed by atoms with Crippen LogP contribution in [0.5, 0.6) is 0 Å². The van der Waals surface area contributed by atoms with Gasteiger partial charge in [0.2, 0.25) is 0 Å². The Balaban J connectivity index is 2.92. The maximum atomic E-state index is 12.8. The van der Waals surface area contributed by atoms with Crippen molar-refractivity contribution in [1.82, 2.24) is 9.88 Å². The summed E-state index contributed by atoms with van der Waals surface area (Å²) in [6.45, 7) is 11.9. The molecule has 1 aromatic heterocycles. The second kappa shape index (κ2) is 8.65. The first-order chi connectivity index (χ1) is 9.99. The molecular weight excluding hydrogens is 262 g/mol. The van der Waals surface area contributed by atoms with E-state index in [1.165, 1.54) is 6.42 Å². The first-order valence-corrected chi connectivity index (χ1v) is 8.03. The molecule has 4 nitrogen and oxygen atoms in total. The van der Waals surface area contributed by atoms with Gasteiger partial charge in [0, 0.05) is 30.4 Å². The van der Waals surface area contributed by atoms with E-state index in [1.54, 1.807) is 0 Å². The van der Waals surface area contributed by atoms with Gasteiger partial charge < -0.3 is 10.2 Å². The minimum absolute atomic E-state index is 0.103. The largest absolute Gasteiger partial charge is 0.370 e. The Bertz CT molecular complexity index is 457. The Morgan fingerprint density at radius 2 is 2.00 bits per heavy atom. The molecule has 0 fully saturated rings. The molecule has 1 N–H and O–H groups in total. The zero-order chi connectivity index (χ0) is 15.8. The summed E-state index contributed by atoms with van der Waals surface area (Å²) in [5.41, 5.74) is 1.60. The molecule has 1 aromatic rings. The molecule has 1 rings (SSSR count). The number of unbranched alkanes of at least 4 members (excludes halogenated alkanes) is 2. The number of rotatable bonds is 8. The Morgan fingerprint density at radius 3 is 2.57 bits per heavy atom. The molecule has 21 heavy (non-hydrogen) atoms. The highest BCUT2D eigenvalue weighted by molar-refractivity contribution is 5.95. The van der Waals surface area contributed by atoms with Gasteiger partial charge in [-0.25, -0.2) is 4.98 Å². The maximum absolute atomic E-state index is 12.8. The van der Waals surface area contributed by atoms with Crippen LogP contribution in [0.15, 0.2) is 12.1 Å². The molecular formula is C17H29N3O. The predicted molar refractivity (Wildman–Crippen MR) is 88.8 cm³/mol. The molecule has 0 saturated heterocycles. The van der Waals surface area contributed by atoms with Gasteiger partial charge in [0.05, 0.1) is 0 Å². The highest BCUT2D eigenvalue weighted by Crippen LogP contribution is 2.15. The lowest BCUT2D eigenvalue weighted by Crippen LogP contribution is -2.37. The second-order valence-electron chi connectivity index (χ2n) is 5.71. The number of amides is 1. The SMILES string of the molecule is CCCCCN(C(=O)c1cc(C)nc(NCC)c1)C(C)C. The first-order valence-electron chi connectivity index (χ1n) is 8.03. The molecule has 0 saturated carbocycles. The summed E-state index contributed by atoms with van der Waals surface area (Å²) in [5.74, 6) is 0.879. The van der Waals surface area contributed by atoms with Gasteiger partial charge in [-0.2, -0.15) is 0 Å². The molecule has 0 aliphatic heterocycles. The number of aromatic nitrogens is 1. The zero-order valence-corrected chi connectivity index (χ0v) is 14.1. The Kier molecular flexibility index (Phi) is 7.20. The molecule has 1 heterocycles. The molecule has 0 aliphatic rings. The van der Waals surface area contributed by atoms with Crippen molar-refractivity contribution in [1.29, 1.82) is 0 Å². The van der Waals surface area contributed by atoms with Crippen LogP contribution in [-0.2, 0) is 0 Å². The smallest absolute Gasteiger partial charge is 0.254 e. The quantitative estimate of drug-likeness (QED) is 0.740. The third-order valence-electron chi connectivity index (χ3n) is 3.45. The highest BCUT2D eigenvalue weighted by atomic mass is 16.2. The fourth-order valence-corrected chi connectivity index (χ4v) is 2.36. The van der Waals surface area contributed by atoms with Crippen molar-refractivity contribution in [3.63, 3.8) is 0 Å². The third-order valence-corrected chi connectivity index (χ3v) is 3.45. The van der Waals surface area contributed by atoms with E-state index in [1.807, 2.05) is 30.9 Å². The van der Waals surface area contributed by atoms with Gasteiger partial charge in [-0.15, -0.1) is 0 Å². The van der Waals surface area contributed by atoms with Gasteiger partial charge >= 0.3 is 0 Å². The van der Waals surface area contributed by atoms with Crippen LogP contribution in [-0.4, -0.2) is 34.9 Å². The number of hydrogen-bond acceptors (Lipinski definition) is 3. The molecule has 0 radical (unpaired) electrons. The lowest BCUT2D eigenvalue weighted by molar-refractivity contribution is 0.0702. The van der Waals surface area contributed by atoms with Gasteiger partial charge in [0.1, 0.15) is 5.82 Å². The number of pyridine rings is 1. The van der Waals surface area contributed by atoms with Crippen molar-refractivity contribution >= 4 is 11.7 Å². The Hall–Kier alpha value is -1.58. The second-order valence-corrected chi connectivity index (χ2v) is 5.71. The number of aryl methyl sites for hydroxylation is 1. The third kappa shape index (κ3) is 5.37. The lowest BCUT2D eigenvalue weighted by Gasteiger charge is -2.27. The van der Waals surface area contributed by atoms with E-state index < -0.39 is 0 Å². The van der Waals surface area contributed by atoms with Crippen LogP contribution in [0.4, 0.5) is 5.82 Å². The van der Waals surface area contributed by atoms with Crippen LogP contribution in [0.1, 0.15) is 63.0 Å². The van der Waals surface area contributed by atoms with E-state index in [2.05, 4.69) is 31.1 Å². The Labute approximate surface area is 129 Å². The topological polar surface area (TPSA) is 45.2 Å². The van der Waals surface area contributed by atoms with Gasteiger partial charge in [-0.05, 0) is 46.2 Å². The maximum Gasteiger partial charge on any atom is 0.254 e. The normalized spacial score (nSPS) is 10.8. The fourth-order valence-electron chi connectivity index (χ4n) is 2.36. The molecule has 0 aromatic carbocycles. The van der Waals surface area contributed by atoms with E-state index in [0.717, 1.165) is 43.0 Å². The van der Waals surface area contributed by atoms with Crippen LogP contribution in [0, 0.1) is 6.92 Å². The van der Waals surface area contributed by atoms with Gasteiger partial charge in [0.15, 0.2) is 0 Å². The lowest BCUT2D eigenvalue weighted by atomic mass is 10.1. The van der Waals surface area contributed by atoms with Crippen LogP contribution in [0.25, 0.3) is 0 Å². The monoisotopic (exact) mass is 291 g/mol. The fraction of sp³-hybridized carbons (Fsp3) is 0.647. The number of hydrogen-bond donors (Lipinski definition) is 1. The van der Waals surface area contributed by atoms with Crippen LogP contribution in [0.2, 0.25) is 0 Å². The molecule has 0 atom stereocenters. The predicted octanol–water partition coefficient (Wildman–Crippen LogP) is 3.86. The van der Waals surface area contributed by atoms with Crippen molar-refractivity contribution in [2.45, 2.75) is 59.9 Å². The van der Waals surface area contributed by atoms with Crippen molar-refractivity contribution in [3.05, 3.63) is 23.4 Å². The van der Waals surface area contributed by atoms with E-state index >= 15 is 0 Å². The minimum Gasteiger partial charge on any atom is -0.370 e. The van der Waals surface area contributed by atoms with Crippen LogP contribution >= 0.6 is 0 Å². The van der Waals surface area contributed by atoms with Gasteiger partial charge in [-0.3, -0.25) is 4.79 Å². The summed E-state index contributed by atoms with van der Waals surface area (Å²) in [7, 11) is 0. The number of carbonyl (C=O) groups is 1. The van der Waals surface area contributed by atoms with E-state index in [9.17, 15) is 4.79 Å². The highest BCUT2D eigenvalue weighted by Gasteiger charge is 2.19. The van der Waals surface area contributed by atoms with Crippen molar-refractivity contribution in [3.8, 4) is 0 Å². The van der Waals surface area contributed by atoms with Crippen molar-refractivity contribution in [2.24, 2.45) is 0 Å². The standard InChI is InChI=1S/C17H29N3O/c1-6-8-9-10-20(13(3)4)17(21)15-11-14(5)19-16(12-15)18-7-2/h11-13H,6-10H2,1-5H3,(H,18,19). The molecule has 0 unspecified atom stereocenters. The zero-order valence-electron chi connectivity index (χ0n) is 14.1. The number of nitrogens with zero attached hydrogens (tertiary/aromatic N) is 2. The van der Waals surface area contributed by atoms with Crippen molar-refractivity contribution in [2.75, 3.05) is 18.4 Å². The van der Waals surface area contributed by atoms with E-state index in [-0.39, 0.29) is 11.9 Å². The van der Waals surface area contributed by atoms with Gasteiger partial charge in [-0.1, -0.05) is 19.8 Å². The van der Waals surface area contributed by atoms with Crippen LogP contribution < -0.4 is 5.32 Å². The summed E-state index contributed by atoms with van der Waals surface area (Å²) < 4.78 is 0. The first kappa shape index (κ1) is 17.5. The summed E-state index contributed by atoms with van der Waals surface area (Å²) in [4.78, 5) is 19.1. The number of anilines is 1. The van der Waals surface area contributed by atoms with E-state index in [0.29, 0.717) is 0 Å². The summed E-state index contributed by atoms with van der Waals surface area (Å²) in [6, 6.07) is 3.94. The minimum atomic E-state index is 0.103. The van der Waals surface area contributed by atoms with Gasteiger partial charge in [0.25, 0.3) is 5.91 Å². The van der Waals surface area contributed by atoms with Crippen LogP contribution in [0.3, 0.4) is 0 Å². The summed E-state index contributed by atoms with van der Waals surface area (Å²) in [5, 5.41) is 3.18. The molecule has 4 heteroatoms. The molecule has 1 amide bonds. The molecule has 118 valence electrons. The number of nitrogens with one attached hydrogen (secondary N) is 1. The van der Waals surface area contributed by atoms with Crippen molar-refractivity contribution < 1.29 is 4.79 Å². The summed E-state index contributed by atoms with van der Waals surface area (Å²) >= 11 is 0. The average molecular weight is 291 g/mol. The molecule has 0 bridgehead atoms. The number of carbonyl (C=O) groups excluding carboxylic acids is 1. The average Bonchev–Trinajstić information content (AvgIpc) is 2.42. The van der Waals surface area contributed by atoms with E-state index in [4.69, 9.17) is 0 Å². The Morgan fingerprint density at radius 1 is 1.29 bits per heavy atom. The molecule has 0 aliphatic carbocycles. The summed E-state index contributed by atoms with van der Waals surface area (Å²) in [6.07, 6.45) is 3.39. The molecule has 0 spiro atoms.